The molecule has 1 aliphatic rings. The Kier molecular flexibility index (Phi) is 7.93. The Labute approximate surface area is 186 Å². The van der Waals surface area contributed by atoms with Gasteiger partial charge in [-0.2, -0.15) is 0 Å². The minimum absolute atomic E-state index is 0.254. The largest absolute Gasteiger partial charge is 0.494 e. The summed E-state index contributed by atoms with van der Waals surface area (Å²) >= 11 is 1.68. The highest BCUT2D eigenvalue weighted by Crippen LogP contribution is 2.25. The summed E-state index contributed by atoms with van der Waals surface area (Å²) in [6.45, 7) is 5.76. The lowest BCUT2D eigenvalue weighted by molar-refractivity contribution is 0.0361. The van der Waals surface area contributed by atoms with Gasteiger partial charge in [0, 0.05) is 37.5 Å². The SMILES string of the molecule is Fc1ccc(-c2nnc(SCCCOc3ccccc3)n2CCN2CCOCC2)cc1. The second-order valence-corrected chi connectivity index (χ2v) is 8.34. The molecule has 1 saturated heterocycles. The van der Waals surface area contributed by atoms with Crippen LogP contribution in [-0.4, -0.2) is 64.9 Å². The number of para-hydroxylation sites is 1. The van der Waals surface area contributed by atoms with Gasteiger partial charge >= 0.3 is 0 Å². The number of ether oxygens (including phenoxy) is 2. The molecule has 0 atom stereocenters. The molecule has 0 radical (unpaired) electrons. The number of hydrogen-bond acceptors (Lipinski definition) is 6. The third-order valence-corrected chi connectivity index (χ3v) is 6.15. The normalized spacial score (nSPS) is 14.6. The Morgan fingerprint density at radius 2 is 1.74 bits per heavy atom. The summed E-state index contributed by atoms with van der Waals surface area (Å²) in [5, 5.41) is 9.74. The summed E-state index contributed by atoms with van der Waals surface area (Å²) in [7, 11) is 0. The molecular weight excluding hydrogens is 415 g/mol. The molecule has 0 unspecified atom stereocenters. The lowest BCUT2D eigenvalue weighted by atomic mass is 10.2. The van der Waals surface area contributed by atoms with Gasteiger partial charge in [-0.1, -0.05) is 30.0 Å². The zero-order valence-electron chi connectivity index (χ0n) is 17.5. The number of benzene rings is 2. The summed E-state index contributed by atoms with van der Waals surface area (Å²) in [4.78, 5) is 2.39. The van der Waals surface area contributed by atoms with Crippen LogP contribution in [0.4, 0.5) is 4.39 Å². The second kappa shape index (κ2) is 11.3. The Morgan fingerprint density at radius 3 is 2.52 bits per heavy atom. The number of thioether (sulfide) groups is 1. The number of morpholine rings is 1. The van der Waals surface area contributed by atoms with E-state index >= 15 is 0 Å². The van der Waals surface area contributed by atoms with Gasteiger partial charge in [0.25, 0.3) is 0 Å². The third kappa shape index (κ3) is 6.29. The zero-order valence-corrected chi connectivity index (χ0v) is 18.3. The Bertz CT molecular complexity index is 931. The fraction of sp³-hybridized carbons (Fsp3) is 0.391. The van der Waals surface area contributed by atoms with E-state index in [1.54, 1.807) is 23.9 Å². The Balaban J connectivity index is 1.38. The summed E-state index contributed by atoms with van der Waals surface area (Å²) in [6.07, 6.45) is 0.905. The van der Waals surface area contributed by atoms with Gasteiger partial charge < -0.3 is 14.0 Å². The van der Waals surface area contributed by atoms with Crippen LogP contribution in [0, 0.1) is 5.82 Å². The summed E-state index contributed by atoms with van der Waals surface area (Å²) in [5.74, 6) is 2.29. The van der Waals surface area contributed by atoms with Crippen LogP contribution in [0.5, 0.6) is 5.75 Å². The van der Waals surface area contributed by atoms with Gasteiger partial charge in [-0.15, -0.1) is 10.2 Å². The number of nitrogens with zero attached hydrogens (tertiary/aromatic N) is 4. The van der Waals surface area contributed by atoms with Gasteiger partial charge in [0.2, 0.25) is 0 Å². The molecule has 0 aliphatic carbocycles. The predicted octanol–water partition coefficient (Wildman–Crippen LogP) is 3.98. The topological polar surface area (TPSA) is 52.4 Å². The molecule has 1 aliphatic heterocycles. The maximum Gasteiger partial charge on any atom is 0.191 e. The van der Waals surface area contributed by atoms with Crippen molar-refractivity contribution in [3.63, 3.8) is 0 Å². The number of halogens is 1. The first-order valence-corrected chi connectivity index (χ1v) is 11.6. The molecule has 164 valence electrons. The van der Waals surface area contributed by atoms with Crippen molar-refractivity contribution in [2.45, 2.75) is 18.1 Å². The molecule has 0 N–H and O–H groups in total. The fourth-order valence-electron chi connectivity index (χ4n) is 3.40. The standard InChI is InChI=1S/C23H27FN4O2S/c24-20-9-7-19(8-10-20)22-25-26-23(28(22)12-11-27-13-16-29-17-14-27)31-18-4-15-30-21-5-2-1-3-6-21/h1-3,5-10H,4,11-18H2. The van der Waals surface area contributed by atoms with E-state index in [9.17, 15) is 4.39 Å². The molecule has 8 heteroatoms. The highest BCUT2D eigenvalue weighted by atomic mass is 32.2. The molecule has 0 saturated carbocycles. The fourth-order valence-corrected chi connectivity index (χ4v) is 4.28. The molecule has 0 bridgehead atoms. The highest BCUT2D eigenvalue weighted by Gasteiger charge is 2.17. The molecular formula is C23H27FN4O2S. The van der Waals surface area contributed by atoms with Gasteiger partial charge in [0.15, 0.2) is 11.0 Å². The maximum absolute atomic E-state index is 13.4. The van der Waals surface area contributed by atoms with Crippen molar-refractivity contribution in [3.8, 4) is 17.1 Å². The summed E-state index contributed by atoms with van der Waals surface area (Å²) < 4.78 is 26.8. The van der Waals surface area contributed by atoms with Crippen LogP contribution in [0.15, 0.2) is 59.8 Å². The highest BCUT2D eigenvalue weighted by molar-refractivity contribution is 7.99. The Morgan fingerprint density at radius 1 is 0.968 bits per heavy atom. The monoisotopic (exact) mass is 442 g/mol. The van der Waals surface area contributed by atoms with E-state index in [2.05, 4.69) is 19.7 Å². The lowest BCUT2D eigenvalue weighted by Crippen LogP contribution is -2.38. The average molecular weight is 443 g/mol. The van der Waals surface area contributed by atoms with Crippen molar-refractivity contribution in [1.29, 1.82) is 0 Å². The molecule has 1 fully saturated rings. The van der Waals surface area contributed by atoms with Crippen molar-refractivity contribution in [3.05, 3.63) is 60.4 Å². The van der Waals surface area contributed by atoms with Crippen molar-refractivity contribution in [1.82, 2.24) is 19.7 Å². The van der Waals surface area contributed by atoms with Crippen LogP contribution >= 0.6 is 11.8 Å². The molecule has 1 aromatic heterocycles. The Hall–Kier alpha value is -2.42. The van der Waals surface area contributed by atoms with E-state index in [0.717, 1.165) is 73.9 Å². The summed E-state index contributed by atoms with van der Waals surface area (Å²) in [5.41, 5.74) is 0.870. The van der Waals surface area contributed by atoms with Crippen LogP contribution in [0.3, 0.4) is 0 Å². The summed E-state index contributed by atoms with van der Waals surface area (Å²) in [6, 6.07) is 16.3. The van der Waals surface area contributed by atoms with E-state index in [-0.39, 0.29) is 5.82 Å². The molecule has 0 spiro atoms. The molecule has 6 nitrogen and oxygen atoms in total. The van der Waals surface area contributed by atoms with E-state index in [4.69, 9.17) is 9.47 Å². The van der Waals surface area contributed by atoms with Crippen molar-refractivity contribution in [2.24, 2.45) is 0 Å². The number of aromatic nitrogens is 3. The van der Waals surface area contributed by atoms with Crippen molar-refractivity contribution < 1.29 is 13.9 Å². The zero-order chi connectivity index (χ0) is 21.3. The van der Waals surface area contributed by atoms with Gasteiger partial charge in [-0.3, -0.25) is 4.90 Å². The molecule has 31 heavy (non-hydrogen) atoms. The van der Waals surface area contributed by atoms with E-state index in [1.807, 2.05) is 30.3 Å². The average Bonchev–Trinajstić information content (AvgIpc) is 3.22. The minimum Gasteiger partial charge on any atom is -0.494 e. The first-order chi connectivity index (χ1) is 15.3. The lowest BCUT2D eigenvalue weighted by Gasteiger charge is -2.27. The molecule has 3 aromatic rings. The van der Waals surface area contributed by atoms with E-state index < -0.39 is 0 Å². The molecule has 2 aromatic carbocycles. The number of hydrogen-bond donors (Lipinski definition) is 0. The van der Waals surface area contributed by atoms with Gasteiger partial charge in [0.05, 0.1) is 19.8 Å². The van der Waals surface area contributed by atoms with Crippen molar-refractivity contribution in [2.75, 3.05) is 45.2 Å². The van der Waals surface area contributed by atoms with Gasteiger partial charge in [0.1, 0.15) is 11.6 Å². The van der Waals surface area contributed by atoms with Crippen LogP contribution in [0.1, 0.15) is 6.42 Å². The molecule has 4 rings (SSSR count). The first kappa shape index (κ1) is 21.8. The van der Waals surface area contributed by atoms with Crippen LogP contribution in [0.2, 0.25) is 0 Å². The first-order valence-electron chi connectivity index (χ1n) is 10.6. The van der Waals surface area contributed by atoms with E-state index in [1.165, 1.54) is 12.1 Å². The maximum atomic E-state index is 13.4. The quantitative estimate of drug-likeness (QED) is 0.350. The van der Waals surface area contributed by atoms with Crippen LogP contribution in [0.25, 0.3) is 11.4 Å². The third-order valence-electron chi connectivity index (χ3n) is 5.09. The van der Waals surface area contributed by atoms with Crippen molar-refractivity contribution >= 4 is 11.8 Å². The second-order valence-electron chi connectivity index (χ2n) is 7.28. The van der Waals surface area contributed by atoms with Crippen LogP contribution in [-0.2, 0) is 11.3 Å². The number of rotatable bonds is 10. The molecule has 0 amide bonds. The molecule has 2 heterocycles. The van der Waals surface area contributed by atoms with E-state index in [0.29, 0.717) is 6.61 Å². The van der Waals surface area contributed by atoms with Gasteiger partial charge in [-0.25, -0.2) is 4.39 Å². The van der Waals surface area contributed by atoms with Crippen LogP contribution < -0.4 is 4.74 Å². The minimum atomic E-state index is -0.254. The predicted molar refractivity (Wildman–Crippen MR) is 120 cm³/mol. The van der Waals surface area contributed by atoms with Gasteiger partial charge in [-0.05, 0) is 42.8 Å². The smallest absolute Gasteiger partial charge is 0.191 e.